The molecule has 0 N–H and O–H groups in total. The van der Waals surface area contributed by atoms with Crippen molar-refractivity contribution in [2.45, 2.75) is 50.2 Å². The van der Waals surface area contributed by atoms with Crippen LogP contribution in [0, 0.1) is 0 Å². The summed E-state index contributed by atoms with van der Waals surface area (Å²) in [4.78, 5) is 30.3. The summed E-state index contributed by atoms with van der Waals surface area (Å²) in [6.45, 7) is 1.89. The van der Waals surface area contributed by atoms with Gasteiger partial charge in [0.1, 0.15) is 5.65 Å². The van der Waals surface area contributed by atoms with Gasteiger partial charge in [-0.2, -0.15) is 0 Å². The number of carbonyl (C=O) groups excluding carboxylic acids is 2. The summed E-state index contributed by atoms with van der Waals surface area (Å²) in [5.41, 5.74) is 1.63. The summed E-state index contributed by atoms with van der Waals surface area (Å²) in [5.74, 6) is -0.657. The van der Waals surface area contributed by atoms with Crippen LogP contribution < -0.4 is 0 Å². The number of rotatable bonds is 6. The normalized spacial score (nSPS) is 16.0. The van der Waals surface area contributed by atoms with Crippen LogP contribution in [0.25, 0.3) is 11.0 Å². The van der Waals surface area contributed by atoms with Crippen LogP contribution in [-0.4, -0.2) is 36.0 Å². The highest BCUT2D eigenvalue weighted by atomic mass is 35.5. The highest BCUT2D eigenvalue weighted by Gasteiger charge is 2.34. The van der Waals surface area contributed by atoms with E-state index in [1.165, 1.54) is 12.3 Å². The molecule has 3 aromatic rings. The van der Waals surface area contributed by atoms with Crippen molar-refractivity contribution in [1.29, 1.82) is 0 Å². The summed E-state index contributed by atoms with van der Waals surface area (Å²) in [6, 6.07) is 7.85. The molecule has 0 bridgehead atoms. The molecule has 3 heterocycles. The van der Waals surface area contributed by atoms with Crippen molar-refractivity contribution in [3.05, 3.63) is 58.4 Å². The average molecular weight is 475 g/mol. The van der Waals surface area contributed by atoms with E-state index in [0.717, 1.165) is 6.26 Å². The third-order valence-electron chi connectivity index (χ3n) is 5.56. The van der Waals surface area contributed by atoms with Gasteiger partial charge < -0.3 is 4.74 Å². The maximum atomic E-state index is 13.6. The van der Waals surface area contributed by atoms with Crippen LogP contribution in [0.5, 0.6) is 0 Å². The van der Waals surface area contributed by atoms with E-state index in [2.05, 4.69) is 4.98 Å². The fourth-order valence-electron chi connectivity index (χ4n) is 4.20. The summed E-state index contributed by atoms with van der Waals surface area (Å²) in [7, 11) is -3.66. The van der Waals surface area contributed by atoms with E-state index >= 15 is 0 Å². The largest absolute Gasteiger partial charge is 0.441 e. The molecule has 1 unspecified atom stereocenters. The molecule has 7 nitrogen and oxygen atoms in total. The zero-order valence-corrected chi connectivity index (χ0v) is 19.4. The lowest BCUT2D eigenvalue weighted by molar-refractivity contribution is -0.154. The fraction of sp³-hybridized carbons (Fsp3) is 0.348. The zero-order valence-electron chi connectivity index (χ0n) is 17.8. The van der Waals surface area contributed by atoms with Crippen LogP contribution in [0.3, 0.4) is 0 Å². The molecule has 0 fully saturated rings. The third kappa shape index (κ3) is 4.04. The molecule has 0 radical (unpaired) electrons. The van der Waals surface area contributed by atoms with Crippen molar-refractivity contribution in [3.63, 3.8) is 0 Å². The Morgan fingerprint density at radius 3 is 2.59 bits per heavy atom. The van der Waals surface area contributed by atoms with Crippen LogP contribution in [0.15, 0.2) is 41.4 Å². The van der Waals surface area contributed by atoms with Gasteiger partial charge in [0.05, 0.1) is 10.5 Å². The van der Waals surface area contributed by atoms with Crippen molar-refractivity contribution >= 4 is 44.2 Å². The molecule has 0 amide bonds. The van der Waals surface area contributed by atoms with Crippen molar-refractivity contribution in [2.24, 2.45) is 0 Å². The van der Waals surface area contributed by atoms with Gasteiger partial charge in [0.2, 0.25) is 0 Å². The van der Waals surface area contributed by atoms with Crippen LogP contribution in [0.2, 0.25) is 5.02 Å². The van der Waals surface area contributed by atoms with Gasteiger partial charge in [-0.1, -0.05) is 18.5 Å². The number of sulfone groups is 1. The Labute approximate surface area is 191 Å². The predicted octanol–water partition coefficient (Wildman–Crippen LogP) is 4.50. The number of fused-ring (bicyclic) bond motifs is 3. The SMILES string of the molecule is CCCC(=O)OC1CCCc2c(C(=O)c3ccc(Cl)cc3)c3c(S(C)(=O)=O)ccnc3n21. The molecule has 9 heteroatoms. The number of ketones is 1. The molecule has 0 spiro atoms. The van der Waals surface area contributed by atoms with Crippen molar-refractivity contribution in [2.75, 3.05) is 6.26 Å². The van der Waals surface area contributed by atoms with Gasteiger partial charge in [-0.3, -0.25) is 14.2 Å². The van der Waals surface area contributed by atoms with E-state index < -0.39 is 16.1 Å². The molecule has 1 aliphatic rings. The number of nitrogens with zero attached hydrogens (tertiary/aromatic N) is 2. The summed E-state index contributed by atoms with van der Waals surface area (Å²) < 4.78 is 32.7. The van der Waals surface area contributed by atoms with Crippen molar-refractivity contribution in [3.8, 4) is 0 Å². The fourth-order valence-corrected chi connectivity index (χ4v) is 5.20. The second-order valence-corrected chi connectivity index (χ2v) is 10.3. The van der Waals surface area contributed by atoms with Gasteiger partial charge in [-0.15, -0.1) is 0 Å². The average Bonchev–Trinajstić information content (AvgIpc) is 3.08. The second-order valence-electron chi connectivity index (χ2n) is 7.89. The lowest BCUT2D eigenvalue weighted by Gasteiger charge is -2.27. The number of ether oxygens (including phenoxy) is 1. The second kappa shape index (κ2) is 8.67. The quantitative estimate of drug-likeness (QED) is 0.385. The topological polar surface area (TPSA) is 95.3 Å². The maximum absolute atomic E-state index is 13.6. The molecule has 1 atom stereocenters. The van der Waals surface area contributed by atoms with Gasteiger partial charge in [0, 0.05) is 47.0 Å². The van der Waals surface area contributed by atoms with Gasteiger partial charge in [-0.25, -0.2) is 13.4 Å². The van der Waals surface area contributed by atoms with E-state index in [0.29, 0.717) is 47.6 Å². The van der Waals surface area contributed by atoms with Crippen molar-refractivity contribution < 1.29 is 22.7 Å². The Balaban J connectivity index is 1.99. The minimum Gasteiger partial charge on any atom is -0.441 e. The van der Waals surface area contributed by atoms with Gasteiger partial charge in [-0.05, 0) is 49.6 Å². The van der Waals surface area contributed by atoms with Crippen LogP contribution in [0.1, 0.15) is 60.5 Å². The minimum absolute atomic E-state index is 0.0281. The molecular weight excluding hydrogens is 452 g/mol. The molecule has 1 aromatic carbocycles. The molecule has 4 rings (SSSR count). The standard InChI is InChI=1S/C23H23ClN2O5S/c1-3-5-19(27)31-18-7-4-6-16-20(22(28)14-8-10-15(24)11-9-14)21-17(32(2,29)30)12-13-25-23(21)26(16)18/h8-13,18H,3-7H2,1-2H3. The van der Waals surface area contributed by atoms with E-state index in [-0.39, 0.29) is 34.0 Å². The Kier molecular flexibility index (Phi) is 6.09. The molecule has 0 aliphatic carbocycles. The third-order valence-corrected chi connectivity index (χ3v) is 6.95. The van der Waals surface area contributed by atoms with E-state index in [1.807, 2.05) is 6.92 Å². The Morgan fingerprint density at radius 1 is 1.22 bits per heavy atom. The number of aromatic nitrogens is 2. The van der Waals surface area contributed by atoms with E-state index in [1.54, 1.807) is 28.8 Å². The van der Waals surface area contributed by atoms with Crippen molar-refractivity contribution in [1.82, 2.24) is 9.55 Å². The lowest BCUT2D eigenvalue weighted by Crippen LogP contribution is -2.24. The van der Waals surface area contributed by atoms with Crippen LogP contribution in [-0.2, 0) is 25.8 Å². The minimum atomic E-state index is -3.66. The number of esters is 1. The van der Waals surface area contributed by atoms with Crippen LogP contribution >= 0.6 is 11.6 Å². The first-order chi connectivity index (χ1) is 15.2. The molecule has 0 saturated carbocycles. The number of hydrogen-bond donors (Lipinski definition) is 0. The number of carbonyl (C=O) groups is 2. The van der Waals surface area contributed by atoms with Gasteiger partial charge in [0.15, 0.2) is 21.8 Å². The van der Waals surface area contributed by atoms with Crippen LogP contribution in [0.4, 0.5) is 0 Å². The Hall–Kier alpha value is -2.71. The molecule has 32 heavy (non-hydrogen) atoms. The first-order valence-electron chi connectivity index (χ1n) is 10.4. The van der Waals surface area contributed by atoms with Gasteiger partial charge >= 0.3 is 5.97 Å². The molecule has 168 valence electrons. The maximum Gasteiger partial charge on any atom is 0.307 e. The first-order valence-corrected chi connectivity index (χ1v) is 12.7. The monoisotopic (exact) mass is 474 g/mol. The smallest absolute Gasteiger partial charge is 0.307 e. The molecule has 0 saturated heterocycles. The molecular formula is C23H23ClN2O5S. The first kappa shape index (κ1) is 22.5. The Morgan fingerprint density at radius 2 is 1.94 bits per heavy atom. The number of pyridine rings is 1. The number of benzene rings is 1. The number of hydrogen-bond acceptors (Lipinski definition) is 6. The molecule has 2 aromatic heterocycles. The summed E-state index contributed by atoms with van der Waals surface area (Å²) in [6.07, 6.45) is 4.59. The predicted molar refractivity (Wildman–Crippen MR) is 121 cm³/mol. The number of halogens is 1. The zero-order chi connectivity index (χ0) is 23.0. The highest BCUT2D eigenvalue weighted by Crippen LogP contribution is 2.39. The highest BCUT2D eigenvalue weighted by molar-refractivity contribution is 7.91. The Bertz CT molecular complexity index is 1310. The van der Waals surface area contributed by atoms with E-state index in [9.17, 15) is 18.0 Å². The molecule has 1 aliphatic heterocycles. The summed E-state index contributed by atoms with van der Waals surface area (Å²) >= 11 is 5.98. The van der Waals surface area contributed by atoms with E-state index in [4.69, 9.17) is 16.3 Å². The lowest BCUT2D eigenvalue weighted by atomic mass is 9.97. The van der Waals surface area contributed by atoms with Gasteiger partial charge in [0.25, 0.3) is 0 Å². The summed E-state index contributed by atoms with van der Waals surface area (Å²) in [5, 5.41) is 0.759.